The highest BCUT2D eigenvalue weighted by Crippen LogP contribution is 2.32. The van der Waals surface area contributed by atoms with Gasteiger partial charge in [-0.2, -0.15) is 0 Å². The van der Waals surface area contributed by atoms with Gasteiger partial charge in [-0.25, -0.2) is 0 Å². The molecular formula is C26H22N4O6S. The number of benzene rings is 4. The Hall–Kier alpha value is -4.81. The number of hydrogen-bond acceptors (Lipinski definition) is 8. The molecule has 4 rings (SSSR count). The van der Waals surface area contributed by atoms with Crippen LogP contribution in [0.15, 0.2) is 97.1 Å². The highest BCUT2D eigenvalue weighted by molar-refractivity contribution is 7.79. The van der Waals surface area contributed by atoms with Crippen LogP contribution < -0.4 is 9.47 Å². The van der Waals surface area contributed by atoms with Gasteiger partial charge >= 0.3 is 11.4 Å². The third-order valence-electron chi connectivity index (χ3n) is 4.44. The number of rotatable bonds is 4. The molecule has 10 nitrogen and oxygen atoms in total. The predicted molar refractivity (Wildman–Crippen MR) is 135 cm³/mol. The van der Waals surface area contributed by atoms with Crippen LogP contribution in [0.3, 0.4) is 0 Å². The van der Waals surface area contributed by atoms with Gasteiger partial charge in [-0.15, -0.1) is 0 Å². The fourth-order valence-electron chi connectivity index (χ4n) is 2.72. The lowest BCUT2D eigenvalue weighted by Crippen LogP contribution is -1.91. The van der Waals surface area contributed by atoms with Gasteiger partial charge in [-0.3, -0.25) is 8.42 Å². The molecule has 0 spiro atoms. The summed E-state index contributed by atoms with van der Waals surface area (Å²) in [5.74, 6) is 2.52. The number of ether oxygens (including phenoxy) is 2. The van der Waals surface area contributed by atoms with Crippen molar-refractivity contribution in [1.29, 1.82) is 10.8 Å². The van der Waals surface area contributed by atoms with Crippen LogP contribution in [0.5, 0.6) is 23.0 Å². The van der Waals surface area contributed by atoms with E-state index in [1.54, 1.807) is 36.4 Å². The zero-order chi connectivity index (χ0) is 27.3. The monoisotopic (exact) mass is 518 g/mol. The maximum absolute atomic E-state index is 8.79. The first-order valence-corrected chi connectivity index (χ1v) is 12.0. The van der Waals surface area contributed by atoms with Crippen molar-refractivity contribution < 1.29 is 27.0 Å². The number of aryl methyl sites for hydroxylation is 2. The Kier molecular flexibility index (Phi) is 10.7. The van der Waals surface area contributed by atoms with Gasteiger partial charge in [0, 0.05) is 22.5 Å². The van der Waals surface area contributed by atoms with Gasteiger partial charge < -0.3 is 18.6 Å². The van der Waals surface area contributed by atoms with E-state index in [2.05, 4.69) is 9.95 Å². The van der Waals surface area contributed by atoms with Crippen LogP contribution in [-0.2, 0) is 10.4 Å². The van der Waals surface area contributed by atoms with Crippen LogP contribution in [0.1, 0.15) is 11.1 Å². The van der Waals surface area contributed by atoms with Crippen LogP contribution in [-0.4, -0.2) is 17.5 Å². The number of hydrogen-bond donors (Lipinski definition) is 0. The third-order valence-corrected chi connectivity index (χ3v) is 4.44. The summed E-state index contributed by atoms with van der Waals surface area (Å²) >= 11 is 0. The van der Waals surface area contributed by atoms with E-state index in [1.165, 1.54) is 11.1 Å². The Morgan fingerprint density at radius 3 is 1.19 bits per heavy atom. The van der Waals surface area contributed by atoms with E-state index < -0.39 is 10.4 Å². The second-order valence-electron chi connectivity index (χ2n) is 7.37. The average Bonchev–Trinajstić information content (AvgIpc) is 2.87. The normalized spacial score (nSPS) is 9.78. The van der Waals surface area contributed by atoms with Crippen molar-refractivity contribution in [3.05, 3.63) is 118 Å². The molecule has 11 heteroatoms. The summed E-state index contributed by atoms with van der Waals surface area (Å²) in [7, 11) is -5.17. The molecule has 0 bridgehead atoms. The highest BCUT2D eigenvalue weighted by Gasteiger charge is 2.14. The summed E-state index contributed by atoms with van der Waals surface area (Å²) < 4.78 is 45.3. The van der Waals surface area contributed by atoms with Crippen molar-refractivity contribution >= 4 is 21.8 Å². The van der Waals surface area contributed by atoms with Crippen molar-refractivity contribution in [1.82, 2.24) is 0 Å². The van der Waals surface area contributed by atoms with Gasteiger partial charge in [0.15, 0.2) is 9.95 Å². The molecule has 0 saturated carbocycles. The Morgan fingerprint density at radius 1 is 0.595 bits per heavy atom. The molecule has 4 aromatic carbocycles. The van der Waals surface area contributed by atoms with Gasteiger partial charge in [-0.05, 0) is 50.2 Å². The Morgan fingerprint density at radius 2 is 0.892 bits per heavy atom. The molecule has 0 radical (unpaired) electrons. The number of diazo groups is 2. The molecular weight excluding hydrogens is 496 g/mol. The second-order valence-corrected chi connectivity index (χ2v) is 8.19. The molecule has 0 fully saturated rings. The van der Waals surface area contributed by atoms with Crippen molar-refractivity contribution in [3.63, 3.8) is 0 Å². The van der Waals surface area contributed by atoms with E-state index >= 15 is 0 Å². The van der Waals surface area contributed by atoms with E-state index in [9.17, 15) is 0 Å². The SMILES string of the molecule is Cc1ccc(Oc2ccccc2[N+]#N)cc1.Cc1ccc(Oc2ccccc2[N+]#N)cc1.O=S(=O)([O-])[O-]. The standard InChI is InChI=1S/2C13H11N2O.H2O4S/c2*1-10-6-8-11(9-7-10)16-13-5-3-2-4-12(13)15-14;1-5(2,3)4/h2*2-9H,1H3;(H2,1,2,3,4)/q2*+1;/p-2. The summed E-state index contributed by atoms with van der Waals surface area (Å²) in [6.45, 7) is 4.03. The highest BCUT2D eigenvalue weighted by atomic mass is 32.3. The van der Waals surface area contributed by atoms with E-state index in [4.69, 9.17) is 37.8 Å². The molecule has 0 aliphatic carbocycles. The van der Waals surface area contributed by atoms with Crippen LogP contribution >= 0.6 is 0 Å². The van der Waals surface area contributed by atoms with E-state index in [0.29, 0.717) is 22.9 Å². The van der Waals surface area contributed by atoms with E-state index in [0.717, 1.165) is 11.5 Å². The van der Waals surface area contributed by atoms with Crippen LogP contribution in [0, 0.1) is 24.6 Å². The fourth-order valence-corrected chi connectivity index (χ4v) is 2.72. The molecule has 37 heavy (non-hydrogen) atoms. The summed E-state index contributed by atoms with van der Waals surface area (Å²) in [6, 6.07) is 29.5. The van der Waals surface area contributed by atoms with E-state index in [-0.39, 0.29) is 0 Å². The third kappa shape index (κ3) is 11.0. The molecule has 0 amide bonds. The molecule has 0 heterocycles. The lowest BCUT2D eigenvalue weighted by atomic mass is 10.2. The first-order valence-electron chi connectivity index (χ1n) is 10.6. The van der Waals surface area contributed by atoms with Crippen molar-refractivity contribution in [2.75, 3.05) is 0 Å². The first-order chi connectivity index (χ1) is 17.6. The summed E-state index contributed by atoms with van der Waals surface area (Å²) in [4.78, 5) is 6.32. The zero-order valence-electron chi connectivity index (χ0n) is 19.9. The lowest BCUT2D eigenvalue weighted by molar-refractivity contribution is 0.352. The fraction of sp³-hybridized carbons (Fsp3) is 0.0769. The Bertz CT molecular complexity index is 1390. The van der Waals surface area contributed by atoms with Gasteiger partial charge in [0.2, 0.25) is 22.3 Å². The molecule has 0 aromatic heterocycles. The number of para-hydroxylation sites is 2. The molecule has 0 atom stereocenters. The minimum absolute atomic E-state index is 0.420. The summed E-state index contributed by atoms with van der Waals surface area (Å²) in [5.41, 5.74) is 3.19. The number of nitrogens with zero attached hydrogens (tertiary/aromatic N) is 4. The van der Waals surface area contributed by atoms with Crippen LogP contribution in [0.4, 0.5) is 11.4 Å². The van der Waals surface area contributed by atoms with Crippen LogP contribution in [0.25, 0.3) is 9.95 Å². The summed E-state index contributed by atoms with van der Waals surface area (Å²) in [6.07, 6.45) is 0. The zero-order valence-corrected chi connectivity index (χ0v) is 20.7. The smallest absolute Gasteiger partial charge is 0.426 e. The van der Waals surface area contributed by atoms with Gasteiger partial charge in [-0.1, -0.05) is 59.7 Å². The van der Waals surface area contributed by atoms with Crippen LogP contribution in [0.2, 0.25) is 0 Å². The lowest BCUT2D eigenvalue weighted by Gasteiger charge is -2.06. The molecule has 0 aliphatic heterocycles. The van der Waals surface area contributed by atoms with Gasteiger partial charge in [0.1, 0.15) is 11.5 Å². The van der Waals surface area contributed by atoms with Crippen molar-refractivity contribution in [3.8, 4) is 23.0 Å². The quantitative estimate of drug-likeness (QED) is 0.156. The Balaban J connectivity index is 0.000000221. The Labute approximate surface area is 214 Å². The maximum Gasteiger partial charge on any atom is 0.426 e. The van der Waals surface area contributed by atoms with Gasteiger partial charge in [0.25, 0.3) is 0 Å². The molecule has 188 valence electrons. The largest absolute Gasteiger partial charge is 0.759 e. The molecule has 0 saturated heterocycles. The minimum Gasteiger partial charge on any atom is -0.759 e. The second kappa shape index (κ2) is 13.9. The molecule has 0 aliphatic rings. The maximum atomic E-state index is 8.79. The molecule has 0 N–H and O–H groups in total. The average molecular weight is 519 g/mol. The van der Waals surface area contributed by atoms with Gasteiger partial charge in [0.05, 0.1) is 0 Å². The minimum atomic E-state index is -5.17. The molecule has 4 aromatic rings. The first kappa shape index (κ1) is 28.4. The van der Waals surface area contributed by atoms with Crippen molar-refractivity contribution in [2.45, 2.75) is 13.8 Å². The van der Waals surface area contributed by atoms with Crippen molar-refractivity contribution in [2.24, 2.45) is 0 Å². The molecule has 0 unspecified atom stereocenters. The topological polar surface area (TPSA) is 155 Å². The predicted octanol–water partition coefficient (Wildman–Crippen LogP) is 7.21. The van der Waals surface area contributed by atoms with E-state index in [1.807, 2.05) is 74.5 Å². The summed E-state index contributed by atoms with van der Waals surface area (Å²) in [5, 5.41) is 17.6.